The van der Waals surface area contributed by atoms with Gasteiger partial charge in [0, 0.05) is 5.69 Å². The summed E-state index contributed by atoms with van der Waals surface area (Å²) in [5.41, 5.74) is 5.53. The van der Waals surface area contributed by atoms with Crippen molar-refractivity contribution in [2.75, 3.05) is 5.32 Å². The number of para-hydroxylation sites is 1. The van der Waals surface area contributed by atoms with E-state index in [1.54, 1.807) is 0 Å². The maximum Gasteiger partial charge on any atom is 0.265 e. The molecule has 0 aliphatic rings. The van der Waals surface area contributed by atoms with Gasteiger partial charge < -0.3 is 10.1 Å². The Kier molecular flexibility index (Phi) is 6.63. The summed E-state index contributed by atoms with van der Waals surface area (Å²) in [5.74, 6) is 0.663. The fourth-order valence-electron chi connectivity index (χ4n) is 3.09. The van der Waals surface area contributed by atoms with Crippen LogP contribution in [0.3, 0.4) is 0 Å². The topological polar surface area (TPSA) is 38.3 Å². The Hall–Kier alpha value is -2.29. The molecule has 0 aliphatic carbocycles. The van der Waals surface area contributed by atoms with Gasteiger partial charge in [-0.25, -0.2) is 0 Å². The van der Waals surface area contributed by atoms with Crippen molar-refractivity contribution < 1.29 is 9.53 Å². The van der Waals surface area contributed by atoms with Crippen molar-refractivity contribution in [1.29, 1.82) is 0 Å². The molecule has 1 amide bonds. The molecule has 0 radical (unpaired) electrons. The van der Waals surface area contributed by atoms with Crippen molar-refractivity contribution in [3.63, 3.8) is 0 Å². The molecule has 0 bridgehead atoms. The SMILES string of the molecule is CCc1cccc(CC)c1NC(=O)[C@H](CC)Oc1cc(C)cc(C)c1. The van der Waals surface area contributed by atoms with Gasteiger partial charge in [0.25, 0.3) is 5.91 Å². The molecular weight excluding hydrogens is 310 g/mol. The summed E-state index contributed by atoms with van der Waals surface area (Å²) in [6.07, 6.45) is 1.89. The minimum atomic E-state index is -0.504. The van der Waals surface area contributed by atoms with Crippen LogP contribution < -0.4 is 10.1 Å². The predicted octanol–water partition coefficient (Wildman–Crippen LogP) is 5.22. The van der Waals surface area contributed by atoms with Gasteiger partial charge in [0.15, 0.2) is 6.10 Å². The van der Waals surface area contributed by atoms with E-state index < -0.39 is 6.10 Å². The van der Waals surface area contributed by atoms with Gasteiger partial charge in [0.2, 0.25) is 0 Å². The molecule has 2 aromatic carbocycles. The van der Waals surface area contributed by atoms with E-state index in [1.165, 1.54) is 0 Å². The van der Waals surface area contributed by atoms with E-state index in [-0.39, 0.29) is 5.91 Å². The Labute approximate surface area is 151 Å². The zero-order chi connectivity index (χ0) is 18.4. The highest BCUT2D eigenvalue weighted by Crippen LogP contribution is 2.24. The number of rotatable bonds is 7. The summed E-state index contributed by atoms with van der Waals surface area (Å²) in [5, 5.41) is 3.12. The third-order valence-electron chi connectivity index (χ3n) is 4.38. The van der Waals surface area contributed by atoms with Gasteiger partial charge in [-0.15, -0.1) is 0 Å². The lowest BCUT2D eigenvalue weighted by molar-refractivity contribution is -0.122. The average molecular weight is 339 g/mol. The summed E-state index contributed by atoms with van der Waals surface area (Å²) in [7, 11) is 0. The number of nitrogens with one attached hydrogen (secondary N) is 1. The molecule has 0 saturated heterocycles. The molecule has 0 saturated carbocycles. The largest absolute Gasteiger partial charge is 0.481 e. The maximum absolute atomic E-state index is 12.8. The van der Waals surface area contributed by atoms with E-state index in [0.717, 1.165) is 46.5 Å². The number of ether oxygens (including phenoxy) is 1. The van der Waals surface area contributed by atoms with Gasteiger partial charge in [0.1, 0.15) is 5.75 Å². The van der Waals surface area contributed by atoms with Crippen LogP contribution in [-0.4, -0.2) is 12.0 Å². The van der Waals surface area contributed by atoms with Crippen molar-refractivity contribution in [1.82, 2.24) is 0 Å². The molecule has 3 heteroatoms. The molecular formula is C22H29NO2. The quantitative estimate of drug-likeness (QED) is 0.750. The second-order valence-corrected chi connectivity index (χ2v) is 6.49. The molecule has 2 aromatic rings. The normalized spacial score (nSPS) is 11.9. The summed E-state index contributed by atoms with van der Waals surface area (Å²) in [6, 6.07) is 12.2. The fourth-order valence-corrected chi connectivity index (χ4v) is 3.09. The molecule has 0 heterocycles. The third-order valence-corrected chi connectivity index (χ3v) is 4.38. The van der Waals surface area contributed by atoms with Crippen LogP contribution in [0.2, 0.25) is 0 Å². The van der Waals surface area contributed by atoms with Crippen LogP contribution in [0.1, 0.15) is 49.4 Å². The standard InChI is InChI=1S/C22H29NO2/c1-6-17-10-9-11-18(7-2)21(17)23-22(24)20(8-3)25-19-13-15(4)12-16(5)14-19/h9-14,20H,6-8H2,1-5H3,(H,23,24)/t20-/m0/s1. The Morgan fingerprint density at radius 1 is 1.00 bits per heavy atom. The van der Waals surface area contributed by atoms with E-state index >= 15 is 0 Å². The number of carbonyl (C=O) groups is 1. The van der Waals surface area contributed by atoms with Crippen molar-refractivity contribution in [3.05, 3.63) is 58.7 Å². The molecule has 0 aliphatic heterocycles. The van der Waals surface area contributed by atoms with Gasteiger partial charge in [-0.3, -0.25) is 4.79 Å². The summed E-state index contributed by atoms with van der Waals surface area (Å²) < 4.78 is 5.99. The van der Waals surface area contributed by atoms with Gasteiger partial charge in [-0.05, 0) is 67.5 Å². The van der Waals surface area contributed by atoms with Gasteiger partial charge in [-0.1, -0.05) is 45.0 Å². The van der Waals surface area contributed by atoms with Crippen LogP contribution in [0.15, 0.2) is 36.4 Å². The summed E-state index contributed by atoms with van der Waals surface area (Å²) in [6.45, 7) is 10.2. The number of anilines is 1. The molecule has 25 heavy (non-hydrogen) atoms. The average Bonchev–Trinajstić information content (AvgIpc) is 2.58. The van der Waals surface area contributed by atoms with Crippen molar-refractivity contribution in [3.8, 4) is 5.75 Å². The minimum absolute atomic E-state index is 0.0859. The second kappa shape index (κ2) is 8.70. The Bertz CT molecular complexity index is 694. The van der Waals surface area contributed by atoms with Gasteiger partial charge in [-0.2, -0.15) is 0 Å². The first-order chi connectivity index (χ1) is 12.0. The van der Waals surface area contributed by atoms with Crippen LogP contribution in [0.25, 0.3) is 0 Å². The first-order valence-corrected chi connectivity index (χ1v) is 9.15. The second-order valence-electron chi connectivity index (χ2n) is 6.49. The van der Waals surface area contributed by atoms with Crippen molar-refractivity contribution in [2.24, 2.45) is 0 Å². The van der Waals surface area contributed by atoms with Gasteiger partial charge in [0.05, 0.1) is 0 Å². The number of hydrogen-bond donors (Lipinski definition) is 1. The Morgan fingerprint density at radius 3 is 2.04 bits per heavy atom. The van der Waals surface area contributed by atoms with Crippen LogP contribution in [0, 0.1) is 13.8 Å². The van der Waals surface area contributed by atoms with E-state index in [1.807, 2.05) is 32.9 Å². The smallest absolute Gasteiger partial charge is 0.265 e. The summed E-state index contributed by atoms with van der Waals surface area (Å²) >= 11 is 0. The first kappa shape index (κ1) is 19.0. The summed E-state index contributed by atoms with van der Waals surface area (Å²) in [4.78, 5) is 12.8. The molecule has 0 spiro atoms. The lowest BCUT2D eigenvalue weighted by atomic mass is 10.0. The highest BCUT2D eigenvalue weighted by atomic mass is 16.5. The van der Waals surface area contributed by atoms with Gasteiger partial charge >= 0.3 is 0 Å². The first-order valence-electron chi connectivity index (χ1n) is 9.15. The monoisotopic (exact) mass is 339 g/mol. The maximum atomic E-state index is 12.8. The zero-order valence-corrected chi connectivity index (χ0v) is 16.0. The third kappa shape index (κ3) is 4.85. The molecule has 0 aromatic heterocycles. The van der Waals surface area contributed by atoms with E-state index in [0.29, 0.717) is 6.42 Å². The molecule has 1 N–H and O–H groups in total. The minimum Gasteiger partial charge on any atom is -0.481 e. The Morgan fingerprint density at radius 2 is 1.56 bits per heavy atom. The fraction of sp³-hybridized carbons (Fsp3) is 0.409. The number of hydrogen-bond acceptors (Lipinski definition) is 2. The zero-order valence-electron chi connectivity index (χ0n) is 16.0. The van der Waals surface area contributed by atoms with Crippen LogP contribution in [0.5, 0.6) is 5.75 Å². The molecule has 134 valence electrons. The van der Waals surface area contributed by atoms with Crippen LogP contribution >= 0.6 is 0 Å². The number of aryl methyl sites for hydroxylation is 4. The van der Waals surface area contributed by atoms with Crippen molar-refractivity contribution in [2.45, 2.75) is 60.0 Å². The number of benzene rings is 2. The van der Waals surface area contributed by atoms with E-state index in [2.05, 4.69) is 43.4 Å². The molecule has 1 atom stereocenters. The number of carbonyl (C=O) groups excluding carboxylic acids is 1. The lowest BCUT2D eigenvalue weighted by Crippen LogP contribution is -2.33. The molecule has 0 unspecified atom stereocenters. The van der Waals surface area contributed by atoms with Crippen LogP contribution in [0.4, 0.5) is 5.69 Å². The predicted molar refractivity (Wildman–Crippen MR) is 104 cm³/mol. The molecule has 0 fully saturated rings. The van der Waals surface area contributed by atoms with Crippen LogP contribution in [-0.2, 0) is 17.6 Å². The van der Waals surface area contributed by atoms with E-state index in [4.69, 9.17) is 4.74 Å². The van der Waals surface area contributed by atoms with E-state index in [9.17, 15) is 4.79 Å². The molecule has 2 rings (SSSR count). The number of amides is 1. The van der Waals surface area contributed by atoms with Crippen molar-refractivity contribution >= 4 is 11.6 Å². The highest BCUT2D eigenvalue weighted by molar-refractivity contribution is 5.95. The molecule has 3 nitrogen and oxygen atoms in total. The lowest BCUT2D eigenvalue weighted by Gasteiger charge is -2.20. The highest BCUT2D eigenvalue weighted by Gasteiger charge is 2.20. The Balaban J connectivity index is 2.20.